The van der Waals surface area contributed by atoms with Crippen LogP contribution in [-0.2, 0) is 0 Å². The fourth-order valence-corrected chi connectivity index (χ4v) is 2.61. The SMILES string of the molecule is C=CCC(C)c1nn(C2CCCC2)cc1C=O. The third kappa shape index (κ3) is 2.48. The Kier molecular flexibility index (Phi) is 3.77. The van der Waals surface area contributed by atoms with Crippen LogP contribution in [0.25, 0.3) is 0 Å². The number of carbonyl (C=O) groups excluding carboxylic acids is 1. The summed E-state index contributed by atoms with van der Waals surface area (Å²) in [6.07, 6.45) is 10.5. The summed E-state index contributed by atoms with van der Waals surface area (Å²) in [6, 6.07) is 0.499. The van der Waals surface area contributed by atoms with Crippen molar-refractivity contribution in [3.63, 3.8) is 0 Å². The summed E-state index contributed by atoms with van der Waals surface area (Å²) in [4.78, 5) is 11.1. The van der Waals surface area contributed by atoms with E-state index >= 15 is 0 Å². The summed E-state index contributed by atoms with van der Waals surface area (Å²) in [5.41, 5.74) is 1.66. The highest BCUT2D eigenvalue weighted by molar-refractivity contribution is 5.76. The second-order valence-corrected chi connectivity index (χ2v) is 4.93. The molecule has 0 radical (unpaired) electrons. The highest BCUT2D eigenvalue weighted by Gasteiger charge is 2.21. The second kappa shape index (κ2) is 5.30. The second-order valence-electron chi connectivity index (χ2n) is 4.93. The molecule has 1 aromatic rings. The van der Waals surface area contributed by atoms with E-state index in [2.05, 4.69) is 18.6 Å². The molecule has 92 valence electrons. The van der Waals surface area contributed by atoms with Crippen molar-refractivity contribution in [1.82, 2.24) is 9.78 Å². The van der Waals surface area contributed by atoms with Crippen molar-refractivity contribution < 1.29 is 4.79 Å². The predicted molar refractivity (Wildman–Crippen MR) is 68.3 cm³/mol. The highest BCUT2D eigenvalue weighted by Crippen LogP contribution is 2.30. The van der Waals surface area contributed by atoms with E-state index in [4.69, 9.17) is 0 Å². The molecule has 0 amide bonds. The molecule has 1 aliphatic rings. The van der Waals surface area contributed by atoms with Crippen molar-refractivity contribution in [2.24, 2.45) is 0 Å². The van der Waals surface area contributed by atoms with Gasteiger partial charge in [0.2, 0.25) is 0 Å². The molecule has 0 saturated heterocycles. The molecule has 0 spiro atoms. The van der Waals surface area contributed by atoms with Gasteiger partial charge in [-0.3, -0.25) is 9.48 Å². The maximum Gasteiger partial charge on any atom is 0.153 e. The van der Waals surface area contributed by atoms with E-state index in [0.717, 1.165) is 24.0 Å². The van der Waals surface area contributed by atoms with E-state index in [-0.39, 0.29) is 5.92 Å². The number of hydrogen-bond donors (Lipinski definition) is 0. The van der Waals surface area contributed by atoms with Crippen molar-refractivity contribution in [3.05, 3.63) is 30.1 Å². The standard InChI is InChI=1S/C14H20N2O/c1-3-6-11(2)14-12(10-17)9-16(15-14)13-7-4-5-8-13/h3,9-11,13H,1,4-8H2,2H3. The van der Waals surface area contributed by atoms with Crippen LogP contribution in [0.4, 0.5) is 0 Å². The average molecular weight is 232 g/mol. The van der Waals surface area contributed by atoms with Crippen molar-refractivity contribution in [3.8, 4) is 0 Å². The lowest BCUT2D eigenvalue weighted by Crippen LogP contribution is -2.06. The third-order valence-corrected chi connectivity index (χ3v) is 3.60. The monoisotopic (exact) mass is 232 g/mol. The minimum absolute atomic E-state index is 0.273. The Bertz CT molecular complexity index is 402. The van der Waals surface area contributed by atoms with E-state index in [1.165, 1.54) is 25.7 Å². The summed E-state index contributed by atoms with van der Waals surface area (Å²) >= 11 is 0. The molecule has 0 bridgehead atoms. The lowest BCUT2D eigenvalue weighted by Gasteiger charge is -2.10. The average Bonchev–Trinajstić information content (AvgIpc) is 2.97. The maximum absolute atomic E-state index is 11.1. The van der Waals surface area contributed by atoms with Crippen LogP contribution >= 0.6 is 0 Å². The first-order valence-corrected chi connectivity index (χ1v) is 6.41. The van der Waals surface area contributed by atoms with Crippen LogP contribution in [0.3, 0.4) is 0 Å². The van der Waals surface area contributed by atoms with Gasteiger partial charge in [-0.25, -0.2) is 0 Å². The van der Waals surface area contributed by atoms with E-state index in [1.807, 2.05) is 17.0 Å². The number of carbonyl (C=O) groups is 1. The van der Waals surface area contributed by atoms with Gasteiger partial charge in [-0.05, 0) is 19.3 Å². The van der Waals surface area contributed by atoms with Gasteiger partial charge in [-0.2, -0.15) is 5.10 Å². The van der Waals surface area contributed by atoms with Crippen molar-refractivity contribution >= 4 is 6.29 Å². The van der Waals surface area contributed by atoms with Gasteiger partial charge in [0.1, 0.15) is 0 Å². The first-order chi connectivity index (χ1) is 8.26. The molecule has 17 heavy (non-hydrogen) atoms. The van der Waals surface area contributed by atoms with Gasteiger partial charge in [0.15, 0.2) is 6.29 Å². The van der Waals surface area contributed by atoms with Gasteiger partial charge in [0, 0.05) is 12.1 Å². The predicted octanol–water partition coefficient (Wildman–Crippen LogP) is 3.49. The molecule has 1 saturated carbocycles. The van der Waals surface area contributed by atoms with Gasteiger partial charge >= 0.3 is 0 Å². The first kappa shape index (κ1) is 12.1. The molecule has 1 unspecified atom stereocenters. The Morgan fingerprint density at radius 1 is 1.59 bits per heavy atom. The topological polar surface area (TPSA) is 34.9 Å². The zero-order chi connectivity index (χ0) is 12.3. The number of hydrogen-bond acceptors (Lipinski definition) is 2. The minimum Gasteiger partial charge on any atom is -0.298 e. The van der Waals surface area contributed by atoms with Gasteiger partial charge < -0.3 is 0 Å². The van der Waals surface area contributed by atoms with E-state index in [9.17, 15) is 4.79 Å². The van der Waals surface area contributed by atoms with Gasteiger partial charge in [0.25, 0.3) is 0 Å². The van der Waals surface area contributed by atoms with Crippen molar-refractivity contribution in [2.45, 2.75) is 51.0 Å². The van der Waals surface area contributed by atoms with E-state index < -0.39 is 0 Å². The summed E-state index contributed by atoms with van der Waals surface area (Å²) in [5.74, 6) is 0.273. The number of rotatable bonds is 5. The lowest BCUT2D eigenvalue weighted by atomic mass is 10.0. The minimum atomic E-state index is 0.273. The van der Waals surface area contributed by atoms with Crippen LogP contribution in [0.1, 0.15) is 67.0 Å². The van der Waals surface area contributed by atoms with Gasteiger partial charge in [-0.1, -0.05) is 25.8 Å². The Hall–Kier alpha value is -1.38. The van der Waals surface area contributed by atoms with Crippen LogP contribution in [0.5, 0.6) is 0 Å². The lowest BCUT2D eigenvalue weighted by molar-refractivity contribution is 0.112. The van der Waals surface area contributed by atoms with Crippen LogP contribution in [-0.4, -0.2) is 16.1 Å². The normalized spacial score (nSPS) is 18.2. The molecule has 1 fully saturated rings. The summed E-state index contributed by atoms with van der Waals surface area (Å²) in [6.45, 7) is 5.84. The number of aldehydes is 1. The molecule has 0 N–H and O–H groups in total. The molecule has 3 nitrogen and oxygen atoms in total. The van der Waals surface area contributed by atoms with E-state index in [1.54, 1.807) is 0 Å². The highest BCUT2D eigenvalue weighted by atomic mass is 16.1. The Labute approximate surface area is 103 Å². The fraction of sp³-hybridized carbons (Fsp3) is 0.571. The molecule has 2 rings (SSSR count). The van der Waals surface area contributed by atoms with Crippen molar-refractivity contribution in [2.75, 3.05) is 0 Å². The van der Waals surface area contributed by atoms with Crippen LogP contribution < -0.4 is 0 Å². The summed E-state index contributed by atoms with van der Waals surface area (Å²) in [7, 11) is 0. The largest absolute Gasteiger partial charge is 0.298 e. The van der Waals surface area contributed by atoms with Crippen molar-refractivity contribution in [1.29, 1.82) is 0 Å². The maximum atomic E-state index is 11.1. The van der Waals surface area contributed by atoms with Crippen LogP contribution in [0, 0.1) is 0 Å². The fourth-order valence-electron chi connectivity index (χ4n) is 2.61. The Morgan fingerprint density at radius 3 is 2.88 bits per heavy atom. The molecule has 1 aliphatic carbocycles. The molecule has 0 aromatic carbocycles. The summed E-state index contributed by atoms with van der Waals surface area (Å²) in [5, 5.41) is 4.62. The van der Waals surface area contributed by atoms with Crippen LogP contribution in [0.15, 0.2) is 18.9 Å². The zero-order valence-corrected chi connectivity index (χ0v) is 10.4. The molecule has 1 aromatic heterocycles. The van der Waals surface area contributed by atoms with Gasteiger partial charge in [-0.15, -0.1) is 6.58 Å². The van der Waals surface area contributed by atoms with Gasteiger partial charge in [0.05, 0.1) is 17.3 Å². The molecule has 1 atom stereocenters. The number of allylic oxidation sites excluding steroid dienone is 1. The first-order valence-electron chi connectivity index (χ1n) is 6.41. The molecule has 1 heterocycles. The van der Waals surface area contributed by atoms with Crippen LogP contribution in [0.2, 0.25) is 0 Å². The Morgan fingerprint density at radius 2 is 2.29 bits per heavy atom. The number of nitrogens with zero attached hydrogens (tertiary/aromatic N) is 2. The molecular formula is C14H20N2O. The van der Waals surface area contributed by atoms with E-state index in [0.29, 0.717) is 6.04 Å². The zero-order valence-electron chi connectivity index (χ0n) is 10.4. The quantitative estimate of drug-likeness (QED) is 0.575. The summed E-state index contributed by atoms with van der Waals surface area (Å²) < 4.78 is 2.01. The third-order valence-electron chi connectivity index (χ3n) is 3.60. The smallest absolute Gasteiger partial charge is 0.153 e. The number of aromatic nitrogens is 2. The Balaban J connectivity index is 2.25. The molecule has 0 aliphatic heterocycles. The molecule has 3 heteroatoms. The molecular weight excluding hydrogens is 212 g/mol.